The first kappa shape index (κ1) is 39.1. The van der Waals surface area contributed by atoms with Gasteiger partial charge in [0.15, 0.2) is 18.7 Å². The molecule has 2 saturated carbocycles. The van der Waals surface area contributed by atoms with Crippen LogP contribution in [-0.2, 0) is 33.3 Å². The lowest BCUT2D eigenvalue weighted by atomic mass is 9.82. The van der Waals surface area contributed by atoms with E-state index in [1.165, 1.54) is 6.92 Å². The van der Waals surface area contributed by atoms with Gasteiger partial charge in [-0.3, -0.25) is 4.79 Å². The Balaban J connectivity index is 1.63. The molecule has 0 aromatic heterocycles. The highest BCUT2D eigenvalue weighted by Gasteiger charge is 2.53. The molecule has 2 saturated heterocycles. The molecule has 2 aliphatic carbocycles. The van der Waals surface area contributed by atoms with Crippen LogP contribution in [-0.4, -0.2) is 135 Å². The van der Waals surface area contributed by atoms with Crippen molar-refractivity contribution in [3.63, 3.8) is 0 Å². The number of halogens is 3. The fourth-order valence-electron chi connectivity index (χ4n) is 7.31. The highest BCUT2D eigenvalue weighted by atomic mass is 19.4. The molecule has 14 nitrogen and oxygen atoms in total. The Hall–Kier alpha value is -1.67. The largest absolute Gasteiger partial charge is 0.479 e. The fraction of sp³-hybridized carbons (Fsp3) is 0.935. The minimum Gasteiger partial charge on any atom is -0.479 e. The van der Waals surface area contributed by atoms with E-state index in [1.54, 1.807) is 5.32 Å². The normalized spacial score (nSPS) is 40.7. The van der Waals surface area contributed by atoms with Crippen molar-refractivity contribution in [3.05, 3.63) is 0 Å². The maximum Gasteiger partial charge on any atom is 0.471 e. The molecule has 5 unspecified atom stereocenters. The van der Waals surface area contributed by atoms with Crippen LogP contribution in [0.3, 0.4) is 0 Å². The van der Waals surface area contributed by atoms with E-state index >= 15 is 0 Å². The van der Waals surface area contributed by atoms with Crippen LogP contribution >= 0.6 is 0 Å². The first-order valence-electron chi connectivity index (χ1n) is 16.9. The van der Waals surface area contributed by atoms with Crippen LogP contribution in [0.4, 0.5) is 13.2 Å². The standard InChI is InChI=1S/C31H50F3NO13/c1-3-16-10-7-11-17(25(16)48-29-24(40)23(39)21(37)14(2)44-29)46-28-20(35-30(43)31(32,33)34)26(22(38)19(13-36)47-28)45-18(27(41)42)12-15-8-5-4-6-9-15/h14-26,28-29,36-40H,3-13H2,1-2H3,(H,35,43)(H,41,42)/t14-,16?,17+,18-,19-,20?,21?,22-,23-,24-,25+,26?,28+,29?/m0/s1. The van der Waals surface area contributed by atoms with Crippen molar-refractivity contribution in [1.82, 2.24) is 5.32 Å². The average molecular weight is 702 g/mol. The highest BCUT2D eigenvalue weighted by Crippen LogP contribution is 2.38. The second kappa shape index (κ2) is 17.0. The van der Waals surface area contributed by atoms with Crippen LogP contribution in [0.15, 0.2) is 0 Å². The molecule has 4 aliphatic rings. The summed E-state index contributed by atoms with van der Waals surface area (Å²) in [6, 6.07) is -1.89. The number of ether oxygens (including phenoxy) is 5. The van der Waals surface area contributed by atoms with Crippen molar-refractivity contribution in [2.45, 2.75) is 164 Å². The number of hydrogen-bond donors (Lipinski definition) is 7. The Bertz CT molecular complexity index is 1050. The van der Waals surface area contributed by atoms with E-state index in [2.05, 4.69) is 0 Å². The SMILES string of the molecule is CCC1CCC[C@@H](O[C@@H]2O[C@@H](CO)[C@H](O)C(O[C@@H](CC3CCCCC3)C(=O)O)C2NC(=O)C(F)(F)F)[C@@H]1OC1O[C@@H](C)C(O)[C@H](O)[C@@H]1O. The van der Waals surface area contributed by atoms with Crippen LogP contribution < -0.4 is 5.32 Å². The number of nitrogens with one attached hydrogen (secondary N) is 1. The van der Waals surface area contributed by atoms with Crippen LogP contribution in [0.2, 0.25) is 0 Å². The first-order valence-corrected chi connectivity index (χ1v) is 16.9. The van der Waals surface area contributed by atoms with Gasteiger partial charge >= 0.3 is 18.1 Å². The molecule has 17 heteroatoms. The van der Waals surface area contributed by atoms with Gasteiger partial charge in [0.1, 0.15) is 42.7 Å². The van der Waals surface area contributed by atoms with E-state index in [0.29, 0.717) is 19.3 Å². The van der Waals surface area contributed by atoms with Crippen molar-refractivity contribution in [1.29, 1.82) is 0 Å². The molecular formula is C31H50F3NO13. The molecule has 7 N–H and O–H groups in total. The van der Waals surface area contributed by atoms with E-state index in [0.717, 1.165) is 32.1 Å². The third kappa shape index (κ3) is 9.35. The van der Waals surface area contributed by atoms with Gasteiger partial charge in [-0.05, 0) is 38.0 Å². The van der Waals surface area contributed by atoms with Gasteiger partial charge in [-0.25, -0.2) is 4.79 Å². The monoisotopic (exact) mass is 701 g/mol. The summed E-state index contributed by atoms with van der Waals surface area (Å²) in [6.07, 6.45) is -16.4. The van der Waals surface area contributed by atoms with Crippen LogP contribution in [0.25, 0.3) is 0 Å². The molecule has 48 heavy (non-hydrogen) atoms. The average Bonchev–Trinajstić information content (AvgIpc) is 3.05. The molecule has 2 heterocycles. The zero-order chi connectivity index (χ0) is 35.3. The van der Waals surface area contributed by atoms with Gasteiger partial charge in [-0.15, -0.1) is 0 Å². The predicted molar refractivity (Wildman–Crippen MR) is 157 cm³/mol. The van der Waals surface area contributed by atoms with Gasteiger partial charge in [-0.2, -0.15) is 13.2 Å². The molecule has 2 aliphatic heterocycles. The third-order valence-electron chi connectivity index (χ3n) is 10.1. The van der Waals surface area contributed by atoms with E-state index in [-0.39, 0.29) is 24.7 Å². The number of amides is 1. The second-order valence-electron chi connectivity index (χ2n) is 13.4. The predicted octanol–water partition coefficient (Wildman–Crippen LogP) is 0.728. The molecule has 0 bridgehead atoms. The summed E-state index contributed by atoms with van der Waals surface area (Å²) in [4.78, 5) is 24.6. The van der Waals surface area contributed by atoms with Crippen LogP contribution in [0.5, 0.6) is 0 Å². The molecule has 14 atom stereocenters. The van der Waals surface area contributed by atoms with Crippen molar-refractivity contribution >= 4 is 11.9 Å². The van der Waals surface area contributed by atoms with Crippen molar-refractivity contribution < 1.29 is 77.1 Å². The first-order chi connectivity index (χ1) is 22.7. The minimum atomic E-state index is -5.37. The lowest BCUT2D eigenvalue weighted by Crippen LogP contribution is -2.68. The number of hydrogen-bond acceptors (Lipinski definition) is 12. The van der Waals surface area contributed by atoms with Gasteiger partial charge in [0.2, 0.25) is 0 Å². The number of carboxylic acid groups (broad SMARTS) is 1. The van der Waals surface area contributed by atoms with Gasteiger partial charge in [0, 0.05) is 0 Å². The lowest BCUT2D eigenvalue weighted by molar-refractivity contribution is -0.337. The quantitative estimate of drug-likeness (QED) is 0.150. The zero-order valence-corrected chi connectivity index (χ0v) is 27.1. The second-order valence-corrected chi connectivity index (χ2v) is 13.4. The number of carbonyl (C=O) groups is 2. The molecule has 0 spiro atoms. The number of aliphatic hydroxyl groups excluding tert-OH is 5. The van der Waals surface area contributed by atoms with Crippen molar-refractivity contribution in [3.8, 4) is 0 Å². The number of alkyl halides is 3. The lowest BCUT2D eigenvalue weighted by Gasteiger charge is -2.48. The summed E-state index contributed by atoms with van der Waals surface area (Å²) in [5, 5.41) is 64.0. The van der Waals surface area contributed by atoms with Gasteiger partial charge in [0.05, 0.1) is 24.9 Å². The fourth-order valence-corrected chi connectivity index (χ4v) is 7.31. The molecule has 0 aromatic rings. The summed E-state index contributed by atoms with van der Waals surface area (Å²) in [6.45, 7) is 2.50. The molecular weight excluding hydrogens is 651 g/mol. The van der Waals surface area contributed by atoms with E-state index < -0.39 is 104 Å². The molecule has 278 valence electrons. The Labute approximate surface area is 276 Å². The summed E-state index contributed by atoms with van der Waals surface area (Å²) >= 11 is 0. The number of aliphatic hydroxyl groups is 5. The third-order valence-corrected chi connectivity index (χ3v) is 10.1. The molecule has 1 amide bonds. The van der Waals surface area contributed by atoms with E-state index in [1.807, 2.05) is 6.92 Å². The summed E-state index contributed by atoms with van der Waals surface area (Å²) in [5.41, 5.74) is 0. The summed E-state index contributed by atoms with van der Waals surface area (Å²) < 4.78 is 70.3. The van der Waals surface area contributed by atoms with Crippen molar-refractivity contribution in [2.75, 3.05) is 6.61 Å². The topological polar surface area (TPSA) is 214 Å². The van der Waals surface area contributed by atoms with Gasteiger partial charge < -0.3 is 59.6 Å². The van der Waals surface area contributed by atoms with Crippen molar-refractivity contribution in [2.24, 2.45) is 11.8 Å². The van der Waals surface area contributed by atoms with Crippen LogP contribution in [0, 0.1) is 11.8 Å². The Morgan fingerprint density at radius 2 is 1.56 bits per heavy atom. The zero-order valence-electron chi connectivity index (χ0n) is 27.1. The number of aliphatic carboxylic acids is 1. The number of carboxylic acids is 1. The molecule has 0 aromatic carbocycles. The molecule has 4 rings (SSSR count). The minimum absolute atomic E-state index is 0.0219. The maximum absolute atomic E-state index is 13.6. The maximum atomic E-state index is 13.6. The summed E-state index contributed by atoms with van der Waals surface area (Å²) in [5.74, 6) is -4.08. The molecule has 0 radical (unpaired) electrons. The van der Waals surface area contributed by atoms with E-state index in [4.69, 9.17) is 23.7 Å². The summed E-state index contributed by atoms with van der Waals surface area (Å²) in [7, 11) is 0. The molecule has 4 fully saturated rings. The Kier molecular flexibility index (Phi) is 13.9. The van der Waals surface area contributed by atoms with E-state index in [9.17, 15) is 53.4 Å². The highest BCUT2D eigenvalue weighted by molar-refractivity contribution is 5.82. The smallest absolute Gasteiger partial charge is 0.471 e. The number of rotatable bonds is 12. The van der Waals surface area contributed by atoms with Gasteiger partial charge in [-0.1, -0.05) is 51.9 Å². The Morgan fingerprint density at radius 1 is 0.875 bits per heavy atom. The van der Waals surface area contributed by atoms with Crippen LogP contribution in [0.1, 0.15) is 78.1 Å². The Morgan fingerprint density at radius 3 is 2.17 bits per heavy atom. The number of carbonyl (C=O) groups excluding carboxylic acids is 1. The van der Waals surface area contributed by atoms with Gasteiger partial charge in [0.25, 0.3) is 0 Å².